The predicted octanol–water partition coefficient (Wildman–Crippen LogP) is 1.75. The Bertz CT molecular complexity index is 770. The zero-order valence-corrected chi connectivity index (χ0v) is 14.2. The van der Waals surface area contributed by atoms with Crippen LogP contribution in [0.15, 0.2) is 22.7 Å². The number of hydrogen-bond acceptors (Lipinski definition) is 4. The standard InChI is InChI=1S/C14H18BrN3O2S/c1-2-18-13-4-3-10(15)7-12(13)17-14(18)8-11-9-21(19,20)6-5-16-11/h3-4,7,11,16H,2,5-6,8-9H2,1H3. The minimum atomic E-state index is -2.92. The van der Waals surface area contributed by atoms with Crippen LogP contribution in [0.25, 0.3) is 11.0 Å². The molecule has 3 rings (SSSR count). The molecule has 1 saturated heterocycles. The Morgan fingerprint density at radius 1 is 1.48 bits per heavy atom. The van der Waals surface area contributed by atoms with Gasteiger partial charge in [-0.3, -0.25) is 0 Å². The molecular weight excluding hydrogens is 354 g/mol. The van der Waals surface area contributed by atoms with Crippen molar-refractivity contribution in [1.29, 1.82) is 0 Å². The van der Waals surface area contributed by atoms with Gasteiger partial charge in [-0.1, -0.05) is 15.9 Å². The molecule has 1 fully saturated rings. The van der Waals surface area contributed by atoms with Crippen LogP contribution in [-0.2, 0) is 22.8 Å². The lowest BCUT2D eigenvalue weighted by molar-refractivity contribution is 0.502. The first-order valence-corrected chi connectivity index (χ1v) is 9.68. The minimum absolute atomic E-state index is 0.0469. The van der Waals surface area contributed by atoms with Crippen LogP contribution in [0, 0.1) is 0 Å². The highest BCUT2D eigenvalue weighted by atomic mass is 79.9. The Balaban J connectivity index is 1.93. The summed E-state index contributed by atoms with van der Waals surface area (Å²) in [5, 5.41) is 3.29. The van der Waals surface area contributed by atoms with Crippen LogP contribution < -0.4 is 5.32 Å². The van der Waals surface area contributed by atoms with Crippen molar-refractivity contribution in [3.63, 3.8) is 0 Å². The number of sulfone groups is 1. The molecule has 0 bridgehead atoms. The van der Waals surface area contributed by atoms with Crippen molar-refractivity contribution in [2.24, 2.45) is 0 Å². The summed E-state index contributed by atoms with van der Waals surface area (Å²) in [6.07, 6.45) is 0.638. The summed E-state index contributed by atoms with van der Waals surface area (Å²) in [5.41, 5.74) is 2.04. The highest BCUT2D eigenvalue weighted by Gasteiger charge is 2.26. The Hall–Kier alpha value is -0.920. The van der Waals surface area contributed by atoms with E-state index in [4.69, 9.17) is 0 Å². The Kier molecular flexibility index (Phi) is 4.07. The lowest BCUT2D eigenvalue weighted by atomic mass is 10.2. The molecule has 0 saturated carbocycles. The van der Waals surface area contributed by atoms with E-state index >= 15 is 0 Å². The molecule has 114 valence electrons. The van der Waals surface area contributed by atoms with E-state index in [9.17, 15) is 8.42 Å². The van der Waals surface area contributed by atoms with Gasteiger partial charge in [-0.2, -0.15) is 0 Å². The molecule has 0 amide bonds. The van der Waals surface area contributed by atoms with Crippen LogP contribution in [0.2, 0.25) is 0 Å². The molecule has 1 aliphatic heterocycles. The van der Waals surface area contributed by atoms with Crippen molar-refractivity contribution < 1.29 is 8.42 Å². The number of aryl methyl sites for hydroxylation is 1. The van der Waals surface area contributed by atoms with Gasteiger partial charge in [0.05, 0.1) is 22.5 Å². The number of imidazole rings is 1. The van der Waals surface area contributed by atoms with Crippen LogP contribution in [-0.4, -0.2) is 42.1 Å². The van der Waals surface area contributed by atoms with Crippen molar-refractivity contribution in [2.45, 2.75) is 25.9 Å². The van der Waals surface area contributed by atoms with Gasteiger partial charge in [-0.25, -0.2) is 13.4 Å². The fourth-order valence-electron chi connectivity index (χ4n) is 2.88. The summed E-state index contributed by atoms with van der Waals surface area (Å²) in [5.74, 6) is 1.38. The van der Waals surface area contributed by atoms with Crippen LogP contribution >= 0.6 is 15.9 Å². The van der Waals surface area contributed by atoms with E-state index in [0.29, 0.717) is 13.0 Å². The smallest absolute Gasteiger partial charge is 0.153 e. The summed E-state index contributed by atoms with van der Waals surface area (Å²) in [4.78, 5) is 4.68. The molecule has 7 heteroatoms. The van der Waals surface area contributed by atoms with Crippen LogP contribution in [0.3, 0.4) is 0 Å². The van der Waals surface area contributed by atoms with E-state index in [1.807, 2.05) is 18.2 Å². The molecule has 1 N–H and O–H groups in total. The summed E-state index contributed by atoms with van der Waals surface area (Å²) in [6, 6.07) is 6.00. The lowest BCUT2D eigenvalue weighted by Crippen LogP contribution is -2.46. The molecule has 1 aliphatic rings. The van der Waals surface area contributed by atoms with E-state index in [0.717, 1.165) is 27.9 Å². The topological polar surface area (TPSA) is 64.0 Å². The maximum Gasteiger partial charge on any atom is 0.153 e. The van der Waals surface area contributed by atoms with Crippen molar-refractivity contribution in [1.82, 2.24) is 14.9 Å². The van der Waals surface area contributed by atoms with Gasteiger partial charge in [-0.05, 0) is 25.1 Å². The average Bonchev–Trinajstić information content (AvgIpc) is 2.73. The second-order valence-electron chi connectivity index (χ2n) is 5.37. The molecule has 0 radical (unpaired) electrons. The lowest BCUT2D eigenvalue weighted by Gasteiger charge is -2.23. The monoisotopic (exact) mass is 371 g/mol. The molecule has 1 aromatic carbocycles. The first-order valence-electron chi connectivity index (χ1n) is 7.07. The molecule has 1 atom stereocenters. The maximum atomic E-state index is 11.7. The fraction of sp³-hybridized carbons (Fsp3) is 0.500. The Morgan fingerprint density at radius 3 is 3.00 bits per heavy atom. The van der Waals surface area contributed by atoms with Gasteiger partial charge >= 0.3 is 0 Å². The molecule has 2 heterocycles. The Morgan fingerprint density at radius 2 is 2.29 bits per heavy atom. The third-order valence-electron chi connectivity index (χ3n) is 3.84. The van der Waals surface area contributed by atoms with E-state index in [-0.39, 0.29) is 17.5 Å². The molecule has 0 spiro atoms. The van der Waals surface area contributed by atoms with Crippen molar-refractivity contribution in [2.75, 3.05) is 18.1 Å². The molecule has 2 aromatic rings. The van der Waals surface area contributed by atoms with Gasteiger partial charge in [0.2, 0.25) is 0 Å². The van der Waals surface area contributed by atoms with Crippen LogP contribution in [0.4, 0.5) is 0 Å². The summed E-state index contributed by atoms with van der Waals surface area (Å²) in [7, 11) is -2.92. The molecular formula is C14H18BrN3O2S. The van der Waals surface area contributed by atoms with Gasteiger partial charge in [0.25, 0.3) is 0 Å². The number of hydrogen-bond donors (Lipinski definition) is 1. The summed E-state index contributed by atoms with van der Waals surface area (Å²) in [6.45, 7) is 3.44. The van der Waals surface area contributed by atoms with E-state index < -0.39 is 9.84 Å². The molecule has 1 aromatic heterocycles. The number of benzene rings is 1. The van der Waals surface area contributed by atoms with Crippen LogP contribution in [0.1, 0.15) is 12.7 Å². The summed E-state index contributed by atoms with van der Waals surface area (Å²) < 4.78 is 26.7. The zero-order valence-electron chi connectivity index (χ0n) is 11.8. The number of fused-ring (bicyclic) bond motifs is 1. The zero-order chi connectivity index (χ0) is 15.0. The number of nitrogens with one attached hydrogen (secondary N) is 1. The second-order valence-corrected chi connectivity index (χ2v) is 8.52. The number of halogens is 1. The Labute approximate surface area is 132 Å². The minimum Gasteiger partial charge on any atom is -0.328 e. The van der Waals surface area contributed by atoms with Crippen molar-refractivity contribution in [3.05, 3.63) is 28.5 Å². The third kappa shape index (κ3) is 3.14. The van der Waals surface area contributed by atoms with Crippen molar-refractivity contribution >= 4 is 36.8 Å². The largest absolute Gasteiger partial charge is 0.328 e. The quantitative estimate of drug-likeness (QED) is 0.892. The van der Waals surface area contributed by atoms with Gasteiger partial charge in [0, 0.05) is 30.0 Å². The van der Waals surface area contributed by atoms with Gasteiger partial charge < -0.3 is 9.88 Å². The number of rotatable bonds is 3. The third-order valence-corrected chi connectivity index (χ3v) is 6.07. The molecule has 0 aliphatic carbocycles. The van der Waals surface area contributed by atoms with Crippen molar-refractivity contribution in [3.8, 4) is 0 Å². The average molecular weight is 372 g/mol. The highest BCUT2D eigenvalue weighted by Crippen LogP contribution is 2.22. The second kappa shape index (κ2) is 5.70. The number of aromatic nitrogens is 2. The van der Waals surface area contributed by atoms with Crippen LogP contribution in [0.5, 0.6) is 0 Å². The SMILES string of the molecule is CCn1c(CC2CS(=O)(=O)CCN2)nc2cc(Br)ccc21. The van der Waals surface area contributed by atoms with Gasteiger partial charge in [-0.15, -0.1) is 0 Å². The first-order chi connectivity index (χ1) is 9.98. The molecule has 1 unspecified atom stereocenters. The van der Waals surface area contributed by atoms with E-state index in [1.54, 1.807) is 0 Å². The molecule has 21 heavy (non-hydrogen) atoms. The number of nitrogens with zero attached hydrogens (tertiary/aromatic N) is 2. The highest BCUT2D eigenvalue weighted by molar-refractivity contribution is 9.10. The maximum absolute atomic E-state index is 11.7. The van der Waals surface area contributed by atoms with Gasteiger partial charge in [0.1, 0.15) is 5.82 Å². The predicted molar refractivity (Wildman–Crippen MR) is 87.3 cm³/mol. The molecule has 5 nitrogen and oxygen atoms in total. The fourth-order valence-corrected chi connectivity index (χ4v) is 4.67. The van der Waals surface area contributed by atoms with Gasteiger partial charge in [0.15, 0.2) is 9.84 Å². The normalized spacial score (nSPS) is 21.7. The van der Waals surface area contributed by atoms with E-state index in [2.05, 4.69) is 37.7 Å². The summed E-state index contributed by atoms with van der Waals surface area (Å²) >= 11 is 3.46. The first kappa shape index (κ1) is 15.0. The van der Waals surface area contributed by atoms with E-state index in [1.165, 1.54) is 0 Å².